The van der Waals surface area contributed by atoms with Gasteiger partial charge >= 0.3 is 5.97 Å². The van der Waals surface area contributed by atoms with E-state index in [4.69, 9.17) is 14.0 Å². The molecule has 2 heterocycles. The summed E-state index contributed by atoms with van der Waals surface area (Å²) < 4.78 is 10.3. The van der Waals surface area contributed by atoms with Crippen molar-refractivity contribution in [2.75, 3.05) is 7.05 Å². The van der Waals surface area contributed by atoms with E-state index in [2.05, 4.69) is 5.16 Å². The third-order valence-electron chi connectivity index (χ3n) is 2.99. The van der Waals surface area contributed by atoms with Crippen molar-refractivity contribution in [3.05, 3.63) is 40.7 Å². The van der Waals surface area contributed by atoms with E-state index in [9.17, 15) is 9.59 Å². The van der Waals surface area contributed by atoms with Gasteiger partial charge in [-0.2, -0.15) is 0 Å². The molecule has 1 N–H and O–H groups in total. The van der Waals surface area contributed by atoms with Crippen LogP contribution in [-0.4, -0.2) is 34.1 Å². The summed E-state index contributed by atoms with van der Waals surface area (Å²) in [5.41, 5.74) is 0.635. The van der Waals surface area contributed by atoms with E-state index >= 15 is 0 Å². The fourth-order valence-corrected chi connectivity index (χ4v) is 1.97. The number of aryl methyl sites for hydroxylation is 2. The van der Waals surface area contributed by atoms with Crippen LogP contribution >= 0.6 is 0 Å². The maximum Gasteiger partial charge on any atom is 0.339 e. The van der Waals surface area contributed by atoms with Gasteiger partial charge in [0.1, 0.15) is 22.8 Å². The van der Waals surface area contributed by atoms with Gasteiger partial charge in [-0.3, -0.25) is 4.79 Å². The highest BCUT2D eigenvalue weighted by molar-refractivity contribution is 5.96. The molecule has 2 aromatic rings. The van der Waals surface area contributed by atoms with Crippen LogP contribution in [0.25, 0.3) is 0 Å². The maximum atomic E-state index is 12.2. The van der Waals surface area contributed by atoms with Crippen LogP contribution in [0.4, 0.5) is 0 Å². The van der Waals surface area contributed by atoms with Crippen LogP contribution in [0.1, 0.15) is 45.1 Å². The average Bonchev–Trinajstić information content (AvgIpc) is 3.04. The van der Waals surface area contributed by atoms with Gasteiger partial charge in [-0.25, -0.2) is 4.79 Å². The number of carboxylic acid groups (broad SMARTS) is 1. The molecule has 2 rings (SSSR count). The van der Waals surface area contributed by atoms with Crippen LogP contribution in [0.3, 0.4) is 0 Å². The molecular weight excluding hydrogens is 276 g/mol. The van der Waals surface area contributed by atoms with E-state index < -0.39 is 11.9 Å². The summed E-state index contributed by atoms with van der Waals surface area (Å²) in [4.78, 5) is 24.7. The molecule has 7 heteroatoms. The molecule has 0 aliphatic carbocycles. The van der Waals surface area contributed by atoms with Crippen LogP contribution in [-0.2, 0) is 13.0 Å². The fraction of sp³-hybridized carbons (Fsp3) is 0.357. The smallest absolute Gasteiger partial charge is 0.339 e. The van der Waals surface area contributed by atoms with Gasteiger partial charge in [0.15, 0.2) is 5.76 Å². The highest BCUT2D eigenvalue weighted by Crippen LogP contribution is 2.18. The van der Waals surface area contributed by atoms with E-state index in [1.54, 1.807) is 27.0 Å². The number of nitrogens with zero attached hydrogens (tertiary/aromatic N) is 2. The lowest BCUT2D eigenvalue weighted by Gasteiger charge is -2.13. The van der Waals surface area contributed by atoms with Crippen LogP contribution in [0.5, 0.6) is 0 Å². The lowest BCUT2D eigenvalue weighted by molar-refractivity contribution is 0.0692. The van der Waals surface area contributed by atoms with E-state index in [0.717, 1.165) is 0 Å². The number of hydrogen-bond donors (Lipinski definition) is 1. The maximum absolute atomic E-state index is 12.2. The number of carbonyl (C=O) groups is 2. The van der Waals surface area contributed by atoms with Gasteiger partial charge in [0.25, 0.3) is 5.91 Å². The third-order valence-corrected chi connectivity index (χ3v) is 2.99. The number of aromatic nitrogens is 1. The Hall–Kier alpha value is -2.57. The van der Waals surface area contributed by atoms with Gasteiger partial charge in [0, 0.05) is 25.6 Å². The standard InChI is InChI=1S/C14H16N2O5/c1-4-11-10(14(18)19)6-12(20-11)13(17)16(3)7-9-5-8(2)21-15-9/h5-6H,4,7H2,1-3H3,(H,18,19). The second-order valence-electron chi connectivity index (χ2n) is 4.70. The van der Waals surface area contributed by atoms with Crippen LogP contribution in [0.15, 0.2) is 21.1 Å². The van der Waals surface area contributed by atoms with Crippen molar-refractivity contribution >= 4 is 11.9 Å². The van der Waals surface area contributed by atoms with Gasteiger partial charge in [-0.15, -0.1) is 0 Å². The number of rotatable bonds is 5. The second kappa shape index (κ2) is 5.82. The lowest BCUT2D eigenvalue weighted by Crippen LogP contribution is -2.26. The molecular formula is C14H16N2O5. The zero-order valence-corrected chi connectivity index (χ0v) is 12.0. The van der Waals surface area contributed by atoms with Gasteiger partial charge in [0.05, 0.1) is 6.54 Å². The van der Waals surface area contributed by atoms with Crippen molar-refractivity contribution in [1.29, 1.82) is 0 Å². The Morgan fingerprint density at radius 3 is 2.57 bits per heavy atom. The summed E-state index contributed by atoms with van der Waals surface area (Å²) in [6.07, 6.45) is 0.404. The molecule has 0 saturated heterocycles. The number of aromatic carboxylic acids is 1. The van der Waals surface area contributed by atoms with Gasteiger partial charge in [-0.1, -0.05) is 12.1 Å². The molecule has 0 spiro atoms. The predicted octanol–water partition coefficient (Wildman–Crippen LogP) is 2.11. The van der Waals surface area contributed by atoms with Crippen LogP contribution in [0.2, 0.25) is 0 Å². The van der Waals surface area contributed by atoms with E-state index in [-0.39, 0.29) is 23.6 Å². The normalized spacial score (nSPS) is 10.6. The van der Waals surface area contributed by atoms with Crippen LogP contribution < -0.4 is 0 Å². The average molecular weight is 292 g/mol. The Labute approximate surface area is 121 Å². The quantitative estimate of drug-likeness (QED) is 0.906. The highest BCUT2D eigenvalue weighted by atomic mass is 16.5. The summed E-state index contributed by atoms with van der Waals surface area (Å²) in [7, 11) is 1.58. The number of carboxylic acids is 1. The van der Waals surface area contributed by atoms with E-state index in [1.165, 1.54) is 11.0 Å². The predicted molar refractivity (Wildman–Crippen MR) is 72.1 cm³/mol. The summed E-state index contributed by atoms with van der Waals surface area (Å²) in [5.74, 6) is -0.559. The molecule has 0 saturated carbocycles. The van der Waals surface area contributed by atoms with E-state index in [1.807, 2.05) is 0 Å². The molecule has 21 heavy (non-hydrogen) atoms. The molecule has 0 aromatic carbocycles. The van der Waals surface area contributed by atoms with Gasteiger partial charge in [-0.05, 0) is 6.92 Å². The number of hydrogen-bond acceptors (Lipinski definition) is 5. The molecule has 1 amide bonds. The first-order valence-electron chi connectivity index (χ1n) is 6.46. The van der Waals surface area contributed by atoms with Crippen LogP contribution in [0, 0.1) is 6.92 Å². The summed E-state index contributed by atoms with van der Waals surface area (Å²) in [5, 5.41) is 12.9. The Morgan fingerprint density at radius 1 is 1.38 bits per heavy atom. The molecule has 0 aliphatic heterocycles. The van der Waals surface area contributed by atoms with Crippen molar-refractivity contribution in [3.8, 4) is 0 Å². The highest BCUT2D eigenvalue weighted by Gasteiger charge is 2.22. The zero-order chi connectivity index (χ0) is 15.6. The minimum absolute atomic E-state index is 0.00645. The minimum atomic E-state index is -1.11. The molecule has 0 unspecified atom stereocenters. The number of furan rings is 1. The third kappa shape index (κ3) is 3.13. The van der Waals surface area contributed by atoms with Crippen molar-refractivity contribution in [1.82, 2.24) is 10.1 Å². The molecule has 0 atom stereocenters. The summed E-state index contributed by atoms with van der Waals surface area (Å²) in [6.45, 7) is 3.78. The lowest BCUT2D eigenvalue weighted by atomic mass is 10.2. The first-order valence-corrected chi connectivity index (χ1v) is 6.46. The first-order chi connectivity index (χ1) is 9.92. The molecule has 0 fully saturated rings. The minimum Gasteiger partial charge on any atom is -0.478 e. The topological polar surface area (TPSA) is 96.8 Å². The van der Waals surface area contributed by atoms with Crippen molar-refractivity contribution in [2.24, 2.45) is 0 Å². The van der Waals surface area contributed by atoms with Crippen molar-refractivity contribution < 1.29 is 23.6 Å². The first kappa shape index (κ1) is 14.8. The summed E-state index contributed by atoms with van der Waals surface area (Å²) in [6, 6.07) is 2.99. The number of carbonyl (C=O) groups excluding carboxylic acids is 1. The van der Waals surface area contributed by atoms with Crippen molar-refractivity contribution in [2.45, 2.75) is 26.8 Å². The Morgan fingerprint density at radius 2 is 2.10 bits per heavy atom. The Bertz CT molecular complexity index is 671. The van der Waals surface area contributed by atoms with Crippen molar-refractivity contribution in [3.63, 3.8) is 0 Å². The van der Waals surface area contributed by atoms with Gasteiger partial charge < -0.3 is 18.9 Å². The summed E-state index contributed by atoms with van der Waals surface area (Å²) >= 11 is 0. The molecule has 2 aromatic heterocycles. The SMILES string of the molecule is CCc1oc(C(=O)N(C)Cc2cc(C)on2)cc1C(=O)O. The molecule has 0 radical (unpaired) electrons. The fourth-order valence-electron chi connectivity index (χ4n) is 1.97. The molecule has 7 nitrogen and oxygen atoms in total. The largest absolute Gasteiger partial charge is 0.478 e. The second-order valence-corrected chi connectivity index (χ2v) is 4.70. The monoisotopic (exact) mass is 292 g/mol. The van der Waals surface area contributed by atoms with Gasteiger partial charge in [0.2, 0.25) is 0 Å². The van der Waals surface area contributed by atoms with E-state index in [0.29, 0.717) is 17.9 Å². The Balaban J connectivity index is 2.17. The number of amides is 1. The molecule has 0 aliphatic rings. The molecule has 112 valence electrons. The zero-order valence-electron chi connectivity index (χ0n) is 12.0. The molecule has 0 bridgehead atoms. The Kier molecular flexibility index (Phi) is 4.11.